The number of aliphatic hydroxyl groups excluding tert-OH is 1. The molecule has 0 saturated heterocycles. The first-order valence-corrected chi connectivity index (χ1v) is 17.6. The Labute approximate surface area is 252 Å². The van der Waals surface area contributed by atoms with E-state index < -0.39 is 20.0 Å². The highest BCUT2D eigenvalue weighted by Gasteiger charge is 2.16. The molecule has 0 bridgehead atoms. The number of nitrogens with zero attached hydrogens (tertiary/aromatic N) is 2. The zero-order valence-electron chi connectivity index (χ0n) is 27.4. The highest BCUT2D eigenvalue weighted by molar-refractivity contribution is 7.46. The Kier molecular flexibility index (Phi) is 29.0. The second-order valence-corrected chi connectivity index (χ2v) is 13.4. The lowest BCUT2D eigenvalue weighted by molar-refractivity contribution is -0.870. The molecule has 0 heterocycles. The van der Waals surface area contributed by atoms with Gasteiger partial charge in [-0.3, -0.25) is 4.52 Å². The second-order valence-electron chi connectivity index (χ2n) is 12.1. The summed E-state index contributed by atoms with van der Waals surface area (Å²) in [6.45, 7) is 6.73. The monoisotopic (exact) mass is 612 g/mol. The van der Waals surface area contributed by atoms with E-state index in [2.05, 4.69) is 21.7 Å². The van der Waals surface area contributed by atoms with Crippen LogP contribution in [-0.4, -0.2) is 104 Å². The number of likely N-dealkylation sites (N-methyl/N-ethyl adjacent to an activating group) is 2. The molecule has 1 atom stereocenters. The fourth-order valence-corrected chi connectivity index (χ4v) is 4.59. The topological polar surface area (TPSA) is 129 Å². The van der Waals surface area contributed by atoms with E-state index in [1.54, 1.807) is 0 Å². The van der Waals surface area contributed by atoms with E-state index in [4.69, 9.17) is 14.5 Å². The van der Waals surface area contributed by atoms with Crippen LogP contribution in [0.15, 0.2) is 0 Å². The third kappa shape index (κ3) is 37.2. The normalized spacial score (nSPS) is 12.6. The molecule has 0 aliphatic heterocycles. The number of hydrogen-bond donors (Lipinski definition) is 4. The van der Waals surface area contributed by atoms with Crippen LogP contribution in [0.2, 0.25) is 0 Å². The quantitative estimate of drug-likeness (QED) is 0.0525. The first-order valence-electron chi connectivity index (χ1n) is 16.1. The van der Waals surface area contributed by atoms with Crippen molar-refractivity contribution in [1.82, 2.24) is 10.2 Å². The Morgan fingerprint density at radius 1 is 0.829 bits per heavy atom. The van der Waals surface area contributed by atoms with Crippen molar-refractivity contribution in [1.29, 1.82) is 0 Å². The summed E-state index contributed by atoms with van der Waals surface area (Å²) in [6, 6.07) is 0. The zero-order chi connectivity index (χ0) is 31.4. The Morgan fingerprint density at radius 2 is 1.27 bits per heavy atom. The molecule has 0 aromatic heterocycles. The highest BCUT2D eigenvalue weighted by Crippen LogP contribution is 2.35. The first kappa shape index (κ1) is 42.4. The van der Waals surface area contributed by atoms with Crippen LogP contribution < -0.4 is 5.32 Å². The summed E-state index contributed by atoms with van der Waals surface area (Å²) in [5, 5.41) is 12.0. The molecule has 10 nitrogen and oxygen atoms in total. The Morgan fingerprint density at radius 3 is 1.63 bits per heavy atom. The van der Waals surface area contributed by atoms with Gasteiger partial charge in [0.05, 0.1) is 27.7 Å². The van der Waals surface area contributed by atoms with Gasteiger partial charge in [0.1, 0.15) is 19.3 Å². The van der Waals surface area contributed by atoms with Crippen LogP contribution in [0.3, 0.4) is 0 Å². The summed E-state index contributed by atoms with van der Waals surface area (Å²) in [5.74, 6) is 0. The van der Waals surface area contributed by atoms with E-state index in [9.17, 15) is 14.5 Å². The molecule has 0 saturated carbocycles. The van der Waals surface area contributed by atoms with E-state index in [-0.39, 0.29) is 13.2 Å². The number of hydrogen-bond acceptors (Lipinski definition) is 6. The smallest absolute Gasteiger partial charge is 0.442 e. The summed E-state index contributed by atoms with van der Waals surface area (Å²) in [4.78, 5) is 30.2. The standard InChI is InChI=1S/C25H52N2O3.C5H14NO4P/c1-4-6-7-8-9-10-11-12-13-14-15-16-17-18-19-20-21-27(3)22-24(23-28)30-25(29)26-5-2;1-6(2,3)4-5-10-11(7,8)9/h24,28H,4-23H2,1-3H3,(H,26,29);4-5H2,1-3H3,(H-,7,8,9)/p+1. The minimum atomic E-state index is -4.26. The molecule has 1 amide bonds. The van der Waals surface area contributed by atoms with Gasteiger partial charge in [-0.05, 0) is 26.9 Å². The number of phosphoric acid groups is 1. The molecule has 0 rings (SSSR count). The maximum Gasteiger partial charge on any atom is 0.469 e. The summed E-state index contributed by atoms with van der Waals surface area (Å²) in [6.07, 6.45) is 21.1. The molecular weight excluding hydrogens is 545 g/mol. The lowest BCUT2D eigenvalue weighted by Gasteiger charge is -2.23. The highest BCUT2D eigenvalue weighted by atomic mass is 31.2. The van der Waals surface area contributed by atoms with Crippen LogP contribution in [0.25, 0.3) is 0 Å². The van der Waals surface area contributed by atoms with Gasteiger partial charge in [-0.15, -0.1) is 0 Å². The lowest BCUT2D eigenvalue weighted by Crippen LogP contribution is -2.38. The Bertz CT molecular complexity index is 630. The molecule has 248 valence electrons. The van der Waals surface area contributed by atoms with E-state index in [0.717, 1.165) is 13.0 Å². The van der Waals surface area contributed by atoms with Crippen LogP contribution in [0, 0.1) is 0 Å². The van der Waals surface area contributed by atoms with Gasteiger partial charge >= 0.3 is 13.9 Å². The van der Waals surface area contributed by atoms with Gasteiger partial charge < -0.3 is 34.3 Å². The molecule has 1 unspecified atom stereocenters. The molecule has 0 aromatic rings. The number of aliphatic hydroxyl groups is 1. The predicted octanol–water partition coefficient (Wildman–Crippen LogP) is 6.09. The number of alkyl carbamates (subject to hydrolysis) is 1. The van der Waals surface area contributed by atoms with Crippen molar-refractivity contribution in [2.24, 2.45) is 0 Å². The van der Waals surface area contributed by atoms with Crippen molar-refractivity contribution >= 4 is 13.9 Å². The van der Waals surface area contributed by atoms with Crippen LogP contribution in [0.1, 0.15) is 117 Å². The molecule has 0 spiro atoms. The van der Waals surface area contributed by atoms with Crippen molar-refractivity contribution < 1.29 is 38.0 Å². The van der Waals surface area contributed by atoms with Crippen molar-refractivity contribution in [3.05, 3.63) is 0 Å². The second kappa shape index (κ2) is 28.1. The molecule has 4 N–H and O–H groups in total. The number of carbonyl (C=O) groups excluding carboxylic acids is 1. The van der Waals surface area contributed by atoms with Gasteiger partial charge in [0.15, 0.2) is 0 Å². The first-order chi connectivity index (χ1) is 19.3. The molecule has 0 aromatic carbocycles. The Balaban J connectivity index is 0. The maximum atomic E-state index is 11.4. The molecule has 0 fully saturated rings. The van der Waals surface area contributed by atoms with Gasteiger partial charge in [-0.2, -0.15) is 0 Å². The number of ether oxygens (including phenoxy) is 1. The summed E-state index contributed by atoms with van der Waals surface area (Å²) in [5.41, 5.74) is 0. The van der Waals surface area contributed by atoms with Crippen LogP contribution >= 0.6 is 7.82 Å². The lowest BCUT2D eigenvalue weighted by atomic mass is 10.0. The van der Waals surface area contributed by atoms with Crippen LogP contribution in [0.4, 0.5) is 4.79 Å². The molecule has 0 aliphatic rings. The predicted molar refractivity (Wildman–Crippen MR) is 169 cm³/mol. The minimum absolute atomic E-state index is 0.0772. The van der Waals surface area contributed by atoms with E-state index in [0.29, 0.717) is 24.1 Å². The molecule has 0 radical (unpaired) electrons. The third-order valence-electron chi connectivity index (χ3n) is 6.73. The summed E-state index contributed by atoms with van der Waals surface area (Å²) < 4.78 is 20.3. The zero-order valence-corrected chi connectivity index (χ0v) is 28.3. The number of amides is 1. The van der Waals surface area contributed by atoms with Crippen molar-refractivity contribution in [2.75, 3.05) is 67.6 Å². The third-order valence-corrected chi connectivity index (χ3v) is 7.25. The van der Waals surface area contributed by atoms with Crippen molar-refractivity contribution in [3.63, 3.8) is 0 Å². The van der Waals surface area contributed by atoms with Gasteiger partial charge in [0.25, 0.3) is 0 Å². The van der Waals surface area contributed by atoms with Crippen molar-refractivity contribution in [3.8, 4) is 0 Å². The van der Waals surface area contributed by atoms with Crippen LogP contribution in [-0.2, 0) is 13.8 Å². The number of nitrogens with one attached hydrogen (secondary N) is 1. The molecule has 41 heavy (non-hydrogen) atoms. The Hall–Kier alpha value is -0.740. The largest absolute Gasteiger partial charge is 0.469 e. The van der Waals surface area contributed by atoms with Crippen LogP contribution in [0.5, 0.6) is 0 Å². The van der Waals surface area contributed by atoms with E-state index in [1.807, 2.05) is 35.1 Å². The summed E-state index contributed by atoms with van der Waals surface area (Å²) in [7, 11) is 3.52. The van der Waals surface area contributed by atoms with Gasteiger partial charge in [-0.25, -0.2) is 9.36 Å². The van der Waals surface area contributed by atoms with E-state index >= 15 is 0 Å². The van der Waals surface area contributed by atoms with Gasteiger partial charge in [0, 0.05) is 13.1 Å². The molecule has 11 heteroatoms. The van der Waals surface area contributed by atoms with Gasteiger partial charge in [0.2, 0.25) is 0 Å². The van der Waals surface area contributed by atoms with Gasteiger partial charge in [-0.1, -0.05) is 103 Å². The van der Waals surface area contributed by atoms with Crippen molar-refractivity contribution in [2.45, 2.75) is 123 Å². The maximum absolute atomic E-state index is 11.4. The fraction of sp³-hybridized carbons (Fsp3) is 0.967. The number of rotatable bonds is 26. The average molecular weight is 613 g/mol. The minimum Gasteiger partial charge on any atom is -0.442 e. The summed E-state index contributed by atoms with van der Waals surface area (Å²) >= 11 is 0. The van der Waals surface area contributed by atoms with E-state index in [1.165, 1.54) is 96.3 Å². The molecular formula is C30H67N3O7P+. The number of quaternary nitrogens is 1. The number of phosphoric ester groups is 1. The fourth-order valence-electron chi connectivity index (χ4n) is 4.27. The number of unbranched alkanes of at least 4 members (excludes halogenated alkanes) is 15. The molecule has 0 aliphatic carbocycles. The SMILES string of the molecule is CCCCCCCCCCCCCCCCCCN(C)CC(CO)OC(=O)NCC.C[N+](C)(C)CCOP(=O)(O)O. The number of carbonyl (C=O) groups is 1. The average Bonchev–Trinajstić information content (AvgIpc) is 2.87.